The fraction of sp³-hybridized carbons (Fsp3) is 0.583. The Kier molecular flexibility index (Phi) is 2.64. The van der Waals surface area contributed by atoms with Crippen molar-refractivity contribution in [3.63, 3.8) is 0 Å². The highest BCUT2D eigenvalue weighted by molar-refractivity contribution is 5.46. The van der Waals surface area contributed by atoms with Crippen molar-refractivity contribution in [3.8, 4) is 0 Å². The standard InChI is InChI=1S/C12H17N3O2/c13-10-1-2-11(14-9-10)15-5-3-12(4-6-15)16-7-8-17-12/h1-2,9H,3-8,13H2. The van der Waals surface area contributed by atoms with E-state index in [1.807, 2.05) is 12.1 Å². The summed E-state index contributed by atoms with van der Waals surface area (Å²) in [6.45, 7) is 3.27. The van der Waals surface area contributed by atoms with Gasteiger partial charge in [-0.2, -0.15) is 0 Å². The van der Waals surface area contributed by atoms with Crippen LogP contribution in [-0.4, -0.2) is 37.1 Å². The number of anilines is 2. The van der Waals surface area contributed by atoms with Gasteiger partial charge in [-0.15, -0.1) is 0 Å². The summed E-state index contributed by atoms with van der Waals surface area (Å²) in [6, 6.07) is 3.85. The number of nitrogens with zero attached hydrogens (tertiary/aromatic N) is 2. The first-order chi connectivity index (χ1) is 8.27. The fourth-order valence-electron chi connectivity index (χ4n) is 2.45. The number of piperidine rings is 1. The van der Waals surface area contributed by atoms with Gasteiger partial charge < -0.3 is 20.1 Å². The van der Waals surface area contributed by atoms with E-state index in [1.54, 1.807) is 6.20 Å². The van der Waals surface area contributed by atoms with E-state index in [0.717, 1.165) is 45.0 Å². The normalized spacial score (nSPS) is 23.2. The lowest BCUT2D eigenvalue weighted by molar-refractivity contribution is -0.169. The molecule has 5 nitrogen and oxygen atoms in total. The maximum Gasteiger partial charge on any atom is 0.171 e. The van der Waals surface area contributed by atoms with Crippen LogP contribution in [0.4, 0.5) is 11.5 Å². The van der Waals surface area contributed by atoms with Crippen LogP contribution in [0.3, 0.4) is 0 Å². The lowest BCUT2D eigenvalue weighted by Gasteiger charge is -2.38. The van der Waals surface area contributed by atoms with Crippen molar-refractivity contribution >= 4 is 11.5 Å². The minimum absolute atomic E-state index is 0.315. The van der Waals surface area contributed by atoms with Gasteiger partial charge in [0.05, 0.1) is 25.1 Å². The Bertz CT molecular complexity index is 377. The molecule has 2 fully saturated rings. The smallest absolute Gasteiger partial charge is 0.171 e. The first kappa shape index (κ1) is 10.8. The van der Waals surface area contributed by atoms with E-state index in [-0.39, 0.29) is 5.79 Å². The number of ether oxygens (including phenoxy) is 2. The molecule has 17 heavy (non-hydrogen) atoms. The van der Waals surface area contributed by atoms with E-state index in [2.05, 4.69) is 9.88 Å². The van der Waals surface area contributed by atoms with Gasteiger partial charge in [0.1, 0.15) is 5.82 Å². The second kappa shape index (κ2) is 4.16. The first-order valence-corrected chi connectivity index (χ1v) is 6.02. The van der Waals surface area contributed by atoms with E-state index in [1.165, 1.54) is 0 Å². The minimum atomic E-state index is -0.315. The van der Waals surface area contributed by atoms with Crippen molar-refractivity contribution in [2.45, 2.75) is 18.6 Å². The fourth-order valence-corrected chi connectivity index (χ4v) is 2.45. The lowest BCUT2D eigenvalue weighted by Crippen LogP contribution is -2.45. The zero-order chi connectivity index (χ0) is 11.7. The van der Waals surface area contributed by atoms with Crippen molar-refractivity contribution in [1.29, 1.82) is 0 Å². The summed E-state index contributed by atoms with van der Waals surface area (Å²) in [7, 11) is 0. The number of pyridine rings is 1. The number of aromatic nitrogens is 1. The number of nitrogens with two attached hydrogens (primary N) is 1. The molecule has 3 heterocycles. The minimum Gasteiger partial charge on any atom is -0.397 e. The summed E-state index contributed by atoms with van der Waals surface area (Å²) in [4.78, 5) is 6.58. The van der Waals surface area contributed by atoms with Crippen LogP contribution in [0.1, 0.15) is 12.8 Å². The van der Waals surface area contributed by atoms with Gasteiger partial charge in [-0.25, -0.2) is 4.98 Å². The third-order valence-corrected chi connectivity index (χ3v) is 3.43. The Hall–Kier alpha value is -1.33. The van der Waals surface area contributed by atoms with Crippen LogP contribution in [0, 0.1) is 0 Å². The monoisotopic (exact) mass is 235 g/mol. The molecular weight excluding hydrogens is 218 g/mol. The predicted octanol–water partition coefficient (Wildman–Crippen LogP) is 1.01. The molecular formula is C12H17N3O2. The van der Waals surface area contributed by atoms with Crippen molar-refractivity contribution in [1.82, 2.24) is 4.98 Å². The largest absolute Gasteiger partial charge is 0.397 e. The lowest BCUT2D eigenvalue weighted by atomic mass is 10.0. The van der Waals surface area contributed by atoms with E-state index in [0.29, 0.717) is 5.69 Å². The highest BCUT2D eigenvalue weighted by Gasteiger charge is 2.39. The highest BCUT2D eigenvalue weighted by Crippen LogP contribution is 2.32. The predicted molar refractivity (Wildman–Crippen MR) is 64.7 cm³/mol. The van der Waals surface area contributed by atoms with Gasteiger partial charge in [-0.3, -0.25) is 0 Å². The quantitative estimate of drug-likeness (QED) is 0.787. The summed E-state index contributed by atoms with van der Waals surface area (Å²) < 4.78 is 11.4. The molecule has 2 aliphatic rings. The Morgan fingerprint density at radius 3 is 2.47 bits per heavy atom. The summed E-state index contributed by atoms with van der Waals surface area (Å²) in [5.41, 5.74) is 6.33. The van der Waals surface area contributed by atoms with Crippen molar-refractivity contribution in [2.75, 3.05) is 36.9 Å². The van der Waals surface area contributed by atoms with Crippen molar-refractivity contribution in [2.24, 2.45) is 0 Å². The molecule has 3 rings (SSSR count). The van der Waals surface area contributed by atoms with Gasteiger partial charge in [-0.05, 0) is 12.1 Å². The molecule has 2 saturated heterocycles. The van der Waals surface area contributed by atoms with Crippen LogP contribution in [0.2, 0.25) is 0 Å². The second-order valence-electron chi connectivity index (χ2n) is 4.54. The van der Waals surface area contributed by atoms with Crippen LogP contribution >= 0.6 is 0 Å². The van der Waals surface area contributed by atoms with Crippen LogP contribution in [0.25, 0.3) is 0 Å². The molecule has 0 aromatic carbocycles. The average molecular weight is 235 g/mol. The van der Waals surface area contributed by atoms with E-state index < -0.39 is 0 Å². The molecule has 0 saturated carbocycles. The number of rotatable bonds is 1. The Morgan fingerprint density at radius 2 is 1.88 bits per heavy atom. The first-order valence-electron chi connectivity index (χ1n) is 6.02. The number of nitrogen functional groups attached to an aromatic ring is 1. The van der Waals surface area contributed by atoms with E-state index in [9.17, 15) is 0 Å². The van der Waals surface area contributed by atoms with Crippen LogP contribution < -0.4 is 10.6 Å². The molecule has 1 aromatic heterocycles. The Balaban J connectivity index is 1.66. The summed E-state index contributed by atoms with van der Waals surface area (Å²) in [5, 5.41) is 0. The number of hydrogen-bond donors (Lipinski definition) is 1. The SMILES string of the molecule is Nc1ccc(N2CCC3(CC2)OCCO3)nc1. The molecule has 92 valence electrons. The van der Waals surface area contributed by atoms with Gasteiger partial charge in [0.25, 0.3) is 0 Å². The van der Waals surface area contributed by atoms with Gasteiger partial charge in [0.2, 0.25) is 0 Å². The summed E-state index contributed by atoms with van der Waals surface area (Å²) in [5.74, 6) is 0.664. The molecule has 0 aliphatic carbocycles. The molecule has 2 aliphatic heterocycles. The summed E-state index contributed by atoms with van der Waals surface area (Å²) >= 11 is 0. The Morgan fingerprint density at radius 1 is 1.18 bits per heavy atom. The molecule has 0 radical (unpaired) electrons. The van der Waals surface area contributed by atoms with Crippen molar-refractivity contribution < 1.29 is 9.47 Å². The van der Waals surface area contributed by atoms with Crippen LogP contribution in [-0.2, 0) is 9.47 Å². The number of hydrogen-bond acceptors (Lipinski definition) is 5. The maximum absolute atomic E-state index is 5.70. The average Bonchev–Trinajstić information content (AvgIpc) is 2.80. The maximum atomic E-state index is 5.70. The third kappa shape index (κ3) is 2.08. The zero-order valence-electron chi connectivity index (χ0n) is 9.76. The molecule has 5 heteroatoms. The van der Waals surface area contributed by atoms with E-state index in [4.69, 9.17) is 15.2 Å². The van der Waals surface area contributed by atoms with E-state index >= 15 is 0 Å². The highest BCUT2D eigenvalue weighted by atomic mass is 16.7. The molecule has 0 amide bonds. The molecule has 0 unspecified atom stereocenters. The topological polar surface area (TPSA) is 60.6 Å². The van der Waals surface area contributed by atoms with Gasteiger partial charge in [-0.1, -0.05) is 0 Å². The molecule has 0 bridgehead atoms. The third-order valence-electron chi connectivity index (χ3n) is 3.43. The molecule has 1 aromatic rings. The molecule has 1 spiro atoms. The van der Waals surface area contributed by atoms with Gasteiger partial charge >= 0.3 is 0 Å². The molecule has 2 N–H and O–H groups in total. The Labute approximate surface area is 101 Å². The second-order valence-corrected chi connectivity index (χ2v) is 4.54. The molecule has 0 atom stereocenters. The van der Waals surface area contributed by atoms with Gasteiger partial charge in [0, 0.05) is 25.9 Å². The van der Waals surface area contributed by atoms with Crippen LogP contribution in [0.5, 0.6) is 0 Å². The summed E-state index contributed by atoms with van der Waals surface area (Å²) in [6.07, 6.45) is 3.50. The zero-order valence-corrected chi connectivity index (χ0v) is 9.76. The van der Waals surface area contributed by atoms with Gasteiger partial charge in [0.15, 0.2) is 5.79 Å². The van der Waals surface area contributed by atoms with Crippen molar-refractivity contribution in [3.05, 3.63) is 18.3 Å². The van der Waals surface area contributed by atoms with Crippen LogP contribution in [0.15, 0.2) is 18.3 Å².